The van der Waals surface area contributed by atoms with Crippen LogP contribution in [0.5, 0.6) is 0 Å². The number of halogens is 2. The van der Waals surface area contributed by atoms with Crippen LogP contribution in [0.1, 0.15) is 5.69 Å². The summed E-state index contributed by atoms with van der Waals surface area (Å²) >= 11 is 4.69. The van der Waals surface area contributed by atoms with Crippen LogP contribution >= 0.6 is 12.2 Å². The lowest BCUT2D eigenvalue weighted by Crippen LogP contribution is -2.16. The van der Waals surface area contributed by atoms with E-state index in [1.807, 2.05) is 4.72 Å². The molecule has 0 spiro atoms. The van der Waals surface area contributed by atoms with Crippen molar-refractivity contribution in [2.45, 2.75) is 4.90 Å². The van der Waals surface area contributed by atoms with Crippen molar-refractivity contribution >= 4 is 32.9 Å². The Hall–Kier alpha value is -2.13. The van der Waals surface area contributed by atoms with E-state index in [9.17, 15) is 17.2 Å². The molecule has 110 valence electrons. The predicted octanol–water partition coefficient (Wildman–Crippen LogP) is 1.79. The fraction of sp³-hybridized carbons (Fsp3) is 0. The summed E-state index contributed by atoms with van der Waals surface area (Å²) < 4.78 is 52.5. The molecule has 2 rings (SSSR count). The smallest absolute Gasteiger partial charge is 0.263 e. The van der Waals surface area contributed by atoms with Crippen LogP contribution in [-0.4, -0.2) is 18.4 Å². The molecule has 0 amide bonds. The van der Waals surface area contributed by atoms with Crippen molar-refractivity contribution in [2.75, 3.05) is 4.72 Å². The van der Waals surface area contributed by atoms with Gasteiger partial charge >= 0.3 is 0 Å². The number of nitrogens with one attached hydrogen (secondary N) is 1. The molecule has 21 heavy (non-hydrogen) atoms. The van der Waals surface area contributed by atoms with Crippen molar-refractivity contribution in [3.05, 3.63) is 53.9 Å². The fourth-order valence-electron chi connectivity index (χ4n) is 1.46. The van der Waals surface area contributed by atoms with Gasteiger partial charge < -0.3 is 5.73 Å². The zero-order valence-corrected chi connectivity index (χ0v) is 12.0. The van der Waals surface area contributed by atoms with E-state index in [0.29, 0.717) is 0 Å². The van der Waals surface area contributed by atoms with Crippen LogP contribution in [0.4, 0.5) is 14.5 Å². The minimum atomic E-state index is -4.10. The van der Waals surface area contributed by atoms with Crippen molar-refractivity contribution in [3.8, 4) is 0 Å². The Bertz CT molecular complexity index is 793. The number of hydrogen-bond donors (Lipinski definition) is 2. The first-order valence-electron chi connectivity index (χ1n) is 5.53. The summed E-state index contributed by atoms with van der Waals surface area (Å²) in [6, 6.07) is 4.97. The molecule has 1 aromatic heterocycles. The number of nitrogens with two attached hydrogens (primary N) is 1. The zero-order valence-electron chi connectivity index (χ0n) is 10.4. The molecule has 0 aliphatic heterocycles. The molecule has 0 aliphatic carbocycles. The quantitative estimate of drug-likeness (QED) is 0.836. The SMILES string of the molecule is NC(=S)c1ccc(S(=O)(=O)Nc2cc(F)ccc2F)cn1. The molecule has 0 unspecified atom stereocenters. The van der Waals surface area contributed by atoms with Gasteiger partial charge in [0.25, 0.3) is 10.0 Å². The van der Waals surface area contributed by atoms with E-state index in [2.05, 4.69) is 4.98 Å². The number of sulfonamides is 1. The highest BCUT2D eigenvalue weighted by molar-refractivity contribution is 7.92. The van der Waals surface area contributed by atoms with E-state index in [1.54, 1.807) is 0 Å². The second-order valence-corrected chi connectivity index (χ2v) is 6.10. The third-order valence-corrected chi connectivity index (χ3v) is 4.03. The van der Waals surface area contributed by atoms with Crippen molar-refractivity contribution in [3.63, 3.8) is 0 Å². The van der Waals surface area contributed by atoms with E-state index < -0.39 is 27.3 Å². The Labute approximate surface area is 124 Å². The number of pyridine rings is 1. The van der Waals surface area contributed by atoms with Gasteiger partial charge in [-0.3, -0.25) is 9.71 Å². The van der Waals surface area contributed by atoms with E-state index >= 15 is 0 Å². The summed E-state index contributed by atoms with van der Waals surface area (Å²) in [7, 11) is -4.10. The summed E-state index contributed by atoms with van der Waals surface area (Å²) in [4.78, 5) is 3.56. The molecule has 2 aromatic rings. The van der Waals surface area contributed by atoms with Crippen molar-refractivity contribution in [2.24, 2.45) is 5.73 Å². The van der Waals surface area contributed by atoms with Gasteiger partial charge in [-0.15, -0.1) is 0 Å². The van der Waals surface area contributed by atoms with Crippen LogP contribution in [0, 0.1) is 11.6 Å². The van der Waals surface area contributed by atoms with Crippen LogP contribution in [0.15, 0.2) is 41.4 Å². The van der Waals surface area contributed by atoms with E-state index in [0.717, 1.165) is 24.4 Å². The maximum atomic E-state index is 13.4. The van der Waals surface area contributed by atoms with Crippen LogP contribution < -0.4 is 10.5 Å². The molecule has 1 aromatic carbocycles. The Balaban J connectivity index is 2.34. The van der Waals surface area contributed by atoms with Crippen LogP contribution in [0.2, 0.25) is 0 Å². The number of nitrogens with zero attached hydrogens (tertiary/aromatic N) is 1. The van der Waals surface area contributed by atoms with Gasteiger partial charge in [0.05, 0.1) is 11.4 Å². The lowest BCUT2D eigenvalue weighted by atomic mass is 10.3. The van der Waals surface area contributed by atoms with Crippen LogP contribution in [-0.2, 0) is 10.0 Å². The Morgan fingerprint density at radius 2 is 1.95 bits per heavy atom. The summed E-state index contributed by atoms with van der Waals surface area (Å²) in [5.41, 5.74) is 5.10. The number of aromatic nitrogens is 1. The number of thiocarbonyl (C=S) groups is 1. The van der Waals surface area contributed by atoms with Crippen molar-refractivity contribution in [1.29, 1.82) is 0 Å². The molecule has 0 aliphatic rings. The summed E-state index contributed by atoms with van der Waals surface area (Å²) in [6.07, 6.45) is 1.02. The lowest BCUT2D eigenvalue weighted by molar-refractivity contribution is 0.594. The molecule has 1 heterocycles. The van der Waals surface area contributed by atoms with Gasteiger partial charge in [-0.25, -0.2) is 17.2 Å². The van der Waals surface area contributed by atoms with Crippen molar-refractivity contribution in [1.82, 2.24) is 4.98 Å². The minimum Gasteiger partial charge on any atom is -0.388 e. The Kier molecular flexibility index (Phi) is 4.14. The molecule has 0 atom stereocenters. The molecule has 0 bridgehead atoms. The molecule has 0 saturated heterocycles. The van der Waals surface area contributed by atoms with Gasteiger partial charge in [-0.2, -0.15) is 0 Å². The number of benzene rings is 1. The fourth-order valence-corrected chi connectivity index (χ4v) is 2.59. The lowest BCUT2D eigenvalue weighted by Gasteiger charge is -2.09. The molecule has 3 N–H and O–H groups in total. The second kappa shape index (κ2) is 5.70. The van der Waals surface area contributed by atoms with E-state index in [4.69, 9.17) is 18.0 Å². The third kappa shape index (κ3) is 3.50. The maximum absolute atomic E-state index is 13.4. The first-order chi connectivity index (χ1) is 9.79. The predicted molar refractivity (Wildman–Crippen MR) is 77.3 cm³/mol. The molecular formula is C12H9F2N3O2S2. The molecule has 9 heteroatoms. The highest BCUT2D eigenvalue weighted by Gasteiger charge is 2.17. The molecular weight excluding hydrogens is 320 g/mol. The largest absolute Gasteiger partial charge is 0.388 e. The third-order valence-electron chi connectivity index (χ3n) is 2.47. The van der Waals surface area contributed by atoms with Crippen molar-refractivity contribution < 1.29 is 17.2 Å². The van der Waals surface area contributed by atoms with Gasteiger partial charge in [0.1, 0.15) is 21.5 Å². The van der Waals surface area contributed by atoms with Gasteiger partial charge in [0.15, 0.2) is 0 Å². The first kappa shape index (κ1) is 15.3. The molecule has 5 nitrogen and oxygen atoms in total. The summed E-state index contributed by atoms with van der Waals surface area (Å²) in [5.74, 6) is -1.66. The number of anilines is 1. The van der Waals surface area contributed by atoms with Gasteiger partial charge in [0, 0.05) is 12.3 Å². The standard InChI is InChI=1S/C12H9F2N3O2S2/c13-7-1-3-9(14)11(5-7)17-21(18,19)8-2-4-10(12(15)20)16-6-8/h1-6,17H,(H2,15,20). The highest BCUT2D eigenvalue weighted by atomic mass is 32.2. The highest BCUT2D eigenvalue weighted by Crippen LogP contribution is 2.20. The average Bonchev–Trinajstić information content (AvgIpc) is 2.43. The Morgan fingerprint density at radius 3 is 2.52 bits per heavy atom. The Morgan fingerprint density at radius 1 is 1.24 bits per heavy atom. The number of hydrogen-bond acceptors (Lipinski definition) is 4. The topological polar surface area (TPSA) is 85.1 Å². The molecule has 0 fully saturated rings. The van der Waals surface area contributed by atoms with E-state index in [1.165, 1.54) is 12.1 Å². The van der Waals surface area contributed by atoms with E-state index in [-0.39, 0.29) is 15.6 Å². The van der Waals surface area contributed by atoms with Gasteiger partial charge in [0.2, 0.25) is 0 Å². The minimum absolute atomic E-state index is 0.0167. The van der Waals surface area contributed by atoms with Gasteiger partial charge in [-0.1, -0.05) is 12.2 Å². The summed E-state index contributed by atoms with van der Waals surface area (Å²) in [6.45, 7) is 0. The normalized spacial score (nSPS) is 11.1. The first-order valence-corrected chi connectivity index (χ1v) is 7.42. The molecule has 0 saturated carbocycles. The average molecular weight is 329 g/mol. The maximum Gasteiger partial charge on any atom is 0.263 e. The van der Waals surface area contributed by atoms with Crippen LogP contribution in [0.3, 0.4) is 0 Å². The van der Waals surface area contributed by atoms with Gasteiger partial charge in [-0.05, 0) is 24.3 Å². The zero-order chi connectivity index (χ0) is 15.6. The second-order valence-electron chi connectivity index (χ2n) is 3.97. The molecule has 0 radical (unpaired) electrons. The number of rotatable bonds is 4. The monoisotopic (exact) mass is 329 g/mol. The van der Waals surface area contributed by atoms with Crippen LogP contribution in [0.25, 0.3) is 0 Å². The summed E-state index contributed by atoms with van der Waals surface area (Å²) in [5, 5.41) is 0.